The summed E-state index contributed by atoms with van der Waals surface area (Å²) in [5.74, 6) is 2.15. The van der Waals surface area contributed by atoms with Gasteiger partial charge in [-0.1, -0.05) is 0 Å². The summed E-state index contributed by atoms with van der Waals surface area (Å²) in [7, 11) is 1.66. The van der Waals surface area contributed by atoms with Gasteiger partial charge in [-0.15, -0.1) is 0 Å². The molecule has 1 aromatic heterocycles. The second-order valence-corrected chi connectivity index (χ2v) is 9.17. The fourth-order valence-corrected chi connectivity index (χ4v) is 4.93. The van der Waals surface area contributed by atoms with E-state index in [1.807, 2.05) is 23.1 Å². The average molecular weight is 426 g/mol. The first-order chi connectivity index (χ1) is 14.9. The summed E-state index contributed by atoms with van der Waals surface area (Å²) in [5.41, 5.74) is 2.37. The number of methoxy groups -OCH3 is 1. The zero-order valence-corrected chi connectivity index (χ0v) is 19.2. The molecule has 2 aliphatic heterocycles. The van der Waals surface area contributed by atoms with E-state index in [1.165, 1.54) is 5.69 Å². The molecule has 6 heteroatoms. The largest absolute Gasteiger partial charge is 0.497 e. The van der Waals surface area contributed by atoms with E-state index in [0.29, 0.717) is 25.0 Å². The van der Waals surface area contributed by atoms with Crippen molar-refractivity contribution in [2.24, 2.45) is 5.92 Å². The van der Waals surface area contributed by atoms with Gasteiger partial charge in [0, 0.05) is 56.0 Å². The Morgan fingerprint density at radius 1 is 1.26 bits per heavy atom. The predicted octanol–water partition coefficient (Wildman–Crippen LogP) is 4.10. The highest BCUT2D eigenvalue weighted by atomic mass is 16.5. The van der Waals surface area contributed by atoms with Gasteiger partial charge in [-0.05, 0) is 63.6 Å². The molecule has 31 heavy (non-hydrogen) atoms. The summed E-state index contributed by atoms with van der Waals surface area (Å²) in [6.45, 7) is 10.4. The molecule has 1 fully saturated rings. The molecule has 0 radical (unpaired) electrons. The number of fused-ring (bicyclic) bond motifs is 1. The fraction of sp³-hybridized carbons (Fsp3) is 0.560. The molecule has 1 saturated heterocycles. The molecule has 168 valence electrons. The van der Waals surface area contributed by atoms with Gasteiger partial charge in [0.2, 0.25) is 5.91 Å². The molecule has 0 aliphatic carbocycles. The van der Waals surface area contributed by atoms with Crippen molar-refractivity contribution in [3.8, 4) is 11.5 Å². The predicted molar refractivity (Wildman–Crippen MR) is 121 cm³/mol. The monoisotopic (exact) mass is 425 g/mol. The number of carbonyl (C=O) groups excluding carboxylic acids is 1. The van der Waals surface area contributed by atoms with Crippen molar-refractivity contribution >= 4 is 5.91 Å². The molecule has 2 atom stereocenters. The minimum Gasteiger partial charge on any atom is -0.497 e. The lowest BCUT2D eigenvalue weighted by atomic mass is 9.91. The molecule has 0 spiro atoms. The lowest BCUT2D eigenvalue weighted by Gasteiger charge is -2.37. The molecule has 2 aromatic rings. The Hall–Kier alpha value is -2.47. The molecular weight excluding hydrogens is 390 g/mol. The number of hydrogen-bond acceptors (Lipinski definition) is 4. The van der Waals surface area contributed by atoms with Crippen molar-refractivity contribution in [1.29, 1.82) is 0 Å². The first-order valence-electron chi connectivity index (χ1n) is 11.4. The molecular formula is C25H35N3O3. The van der Waals surface area contributed by atoms with Crippen LogP contribution in [-0.4, -0.2) is 53.1 Å². The summed E-state index contributed by atoms with van der Waals surface area (Å²) in [6.07, 6.45) is 4.45. The summed E-state index contributed by atoms with van der Waals surface area (Å²) < 4.78 is 14.3. The van der Waals surface area contributed by atoms with E-state index in [2.05, 4.69) is 41.6 Å². The van der Waals surface area contributed by atoms with Gasteiger partial charge in [0.05, 0.1) is 13.7 Å². The Morgan fingerprint density at radius 2 is 2.10 bits per heavy atom. The molecule has 1 aromatic carbocycles. The van der Waals surface area contributed by atoms with Gasteiger partial charge in [0.25, 0.3) is 0 Å². The third kappa shape index (κ3) is 4.90. The molecule has 6 nitrogen and oxygen atoms in total. The van der Waals surface area contributed by atoms with E-state index < -0.39 is 0 Å². The van der Waals surface area contributed by atoms with E-state index in [1.54, 1.807) is 14.0 Å². The van der Waals surface area contributed by atoms with Gasteiger partial charge in [0.1, 0.15) is 17.6 Å². The third-order valence-electron chi connectivity index (χ3n) is 6.63. The zero-order chi connectivity index (χ0) is 22.0. The van der Waals surface area contributed by atoms with Gasteiger partial charge in [0.15, 0.2) is 0 Å². The minimum absolute atomic E-state index is 0.00164. The van der Waals surface area contributed by atoms with Crippen LogP contribution in [0.4, 0.5) is 0 Å². The Kier molecular flexibility index (Phi) is 6.56. The first-order valence-corrected chi connectivity index (χ1v) is 11.4. The van der Waals surface area contributed by atoms with E-state index in [0.717, 1.165) is 49.5 Å². The molecule has 0 N–H and O–H groups in total. The van der Waals surface area contributed by atoms with Crippen LogP contribution in [0.3, 0.4) is 0 Å². The molecule has 0 bridgehead atoms. The summed E-state index contributed by atoms with van der Waals surface area (Å²) >= 11 is 0. The van der Waals surface area contributed by atoms with Gasteiger partial charge >= 0.3 is 0 Å². The van der Waals surface area contributed by atoms with Crippen molar-refractivity contribution in [3.63, 3.8) is 0 Å². The maximum atomic E-state index is 12.3. The van der Waals surface area contributed by atoms with Crippen molar-refractivity contribution < 1.29 is 14.3 Å². The Labute approximate surface area is 185 Å². The van der Waals surface area contributed by atoms with Gasteiger partial charge in [-0.3, -0.25) is 9.69 Å². The number of benzene rings is 1. The van der Waals surface area contributed by atoms with E-state index in [9.17, 15) is 4.79 Å². The molecule has 2 aliphatic rings. The Morgan fingerprint density at radius 3 is 2.84 bits per heavy atom. The van der Waals surface area contributed by atoms with Crippen molar-refractivity contribution in [1.82, 2.24) is 14.4 Å². The van der Waals surface area contributed by atoms with Gasteiger partial charge in [-0.2, -0.15) is 0 Å². The molecule has 1 amide bonds. The SMILES string of the molecule is COc1ccc2c(c1)CN(C(C)=O)C[C@@H]([C@@H]1CCCN(Cc3cccn3C(C)C)C1)O2. The van der Waals surface area contributed by atoms with Crippen LogP contribution in [0.25, 0.3) is 0 Å². The third-order valence-corrected chi connectivity index (χ3v) is 6.63. The number of rotatable bonds is 5. The van der Waals surface area contributed by atoms with E-state index >= 15 is 0 Å². The highest BCUT2D eigenvalue weighted by Crippen LogP contribution is 2.33. The van der Waals surface area contributed by atoms with Crippen molar-refractivity contribution in [3.05, 3.63) is 47.8 Å². The van der Waals surface area contributed by atoms with E-state index in [4.69, 9.17) is 9.47 Å². The second-order valence-electron chi connectivity index (χ2n) is 9.17. The molecule has 3 heterocycles. The first kappa shape index (κ1) is 21.8. The number of amides is 1. The second kappa shape index (κ2) is 9.35. The number of piperidine rings is 1. The van der Waals surface area contributed by atoms with Crippen LogP contribution in [-0.2, 0) is 17.9 Å². The topological polar surface area (TPSA) is 46.9 Å². The number of nitrogens with zero attached hydrogens (tertiary/aromatic N) is 3. The quantitative estimate of drug-likeness (QED) is 0.724. The van der Waals surface area contributed by atoms with Gasteiger partial charge in [-0.25, -0.2) is 0 Å². The average Bonchev–Trinajstić information content (AvgIpc) is 3.12. The number of likely N-dealkylation sites (tertiary alicyclic amines) is 1. The van der Waals surface area contributed by atoms with Gasteiger partial charge < -0.3 is 18.9 Å². The minimum atomic E-state index is -0.00164. The fourth-order valence-electron chi connectivity index (χ4n) is 4.93. The van der Waals surface area contributed by atoms with Crippen LogP contribution in [0, 0.1) is 5.92 Å². The lowest BCUT2D eigenvalue weighted by Crippen LogP contribution is -2.46. The molecule has 0 saturated carbocycles. The standard InChI is InChI=1S/C25H35N3O3/c1-18(2)28-12-6-8-22(28)16-26-11-5-7-20(14-26)25-17-27(19(3)29)15-21-13-23(30-4)9-10-24(21)31-25/h6,8-10,12-13,18,20,25H,5,7,11,14-17H2,1-4H3/t20-,25+/m1/s1. The number of aromatic nitrogens is 1. The number of carbonyl (C=O) groups is 1. The maximum Gasteiger partial charge on any atom is 0.219 e. The Balaban J connectivity index is 1.51. The van der Waals surface area contributed by atoms with Crippen LogP contribution in [0.1, 0.15) is 50.9 Å². The Bertz CT molecular complexity index is 907. The molecule has 4 rings (SSSR count). The maximum absolute atomic E-state index is 12.3. The number of hydrogen-bond donors (Lipinski definition) is 0. The van der Waals surface area contributed by atoms with Crippen LogP contribution in [0.5, 0.6) is 11.5 Å². The normalized spacial score (nSPS) is 22.0. The summed E-state index contributed by atoms with van der Waals surface area (Å²) in [6, 6.07) is 10.7. The van der Waals surface area contributed by atoms with Crippen molar-refractivity contribution in [2.75, 3.05) is 26.7 Å². The van der Waals surface area contributed by atoms with Crippen LogP contribution in [0.2, 0.25) is 0 Å². The van der Waals surface area contributed by atoms with Crippen LogP contribution in [0.15, 0.2) is 36.5 Å². The lowest BCUT2D eigenvalue weighted by molar-refractivity contribution is -0.130. The molecule has 0 unspecified atom stereocenters. The van der Waals surface area contributed by atoms with E-state index in [-0.39, 0.29) is 12.0 Å². The van der Waals surface area contributed by atoms with Crippen LogP contribution < -0.4 is 9.47 Å². The van der Waals surface area contributed by atoms with Crippen molar-refractivity contribution in [2.45, 2.75) is 58.8 Å². The summed E-state index contributed by atoms with van der Waals surface area (Å²) in [5, 5.41) is 0. The van der Waals surface area contributed by atoms with Crippen LogP contribution >= 0.6 is 0 Å². The smallest absolute Gasteiger partial charge is 0.219 e. The highest BCUT2D eigenvalue weighted by Gasteiger charge is 2.34. The highest BCUT2D eigenvalue weighted by molar-refractivity contribution is 5.73. The zero-order valence-electron chi connectivity index (χ0n) is 19.2. The number of ether oxygens (including phenoxy) is 2. The summed E-state index contributed by atoms with van der Waals surface area (Å²) in [4.78, 5) is 16.8.